The van der Waals surface area contributed by atoms with Gasteiger partial charge in [0.05, 0.1) is 10.4 Å². The van der Waals surface area contributed by atoms with Crippen LogP contribution in [0.3, 0.4) is 0 Å². The van der Waals surface area contributed by atoms with Crippen LogP contribution in [-0.2, 0) is 10.0 Å². The summed E-state index contributed by atoms with van der Waals surface area (Å²) in [5.74, 6) is 0. The van der Waals surface area contributed by atoms with Crippen LogP contribution in [0.2, 0.25) is 0 Å². The first-order valence-electron chi connectivity index (χ1n) is 6.59. The number of fused-ring (bicyclic) bond motifs is 1. The van der Waals surface area contributed by atoms with Crippen LogP contribution < -0.4 is 5.73 Å². The number of aryl methyl sites for hydroxylation is 2. The van der Waals surface area contributed by atoms with Crippen molar-refractivity contribution in [3.63, 3.8) is 0 Å². The van der Waals surface area contributed by atoms with Crippen LogP contribution in [0.5, 0.6) is 0 Å². The summed E-state index contributed by atoms with van der Waals surface area (Å²) >= 11 is 0. The molecular weight excluding hydrogens is 284 g/mol. The van der Waals surface area contributed by atoms with Gasteiger partial charge >= 0.3 is 0 Å². The zero-order valence-corrected chi connectivity index (χ0v) is 12.7. The number of hydrogen-bond acceptors (Lipinski definition) is 3. The lowest BCUT2D eigenvalue weighted by molar-refractivity contribution is 0.588. The first-order chi connectivity index (χ1) is 9.89. The third-order valence-corrected chi connectivity index (χ3v) is 5.35. The SMILES string of the molecule is Cc1ccc(S(=O)(=O)n2c(C)cc3cc(N)ccc32)cc1. The Morgan fingerprint density at radius 1 is 0.952 bits per heavy atom. The quantitative estimate of drug-likeness (QED) is 0.740. The normalized spacial score (nSPS) is 11.9. The van der Waals surface area contributed by atoms with Gasteiger partial charge in [-0.15, -0.1) is 0 Å². The first kappa shape index (κ1) is 13.7. The maximum absolute atomic E-state index is 12.9. The Kier molecular flexibility index (Phi) is 3.02. The summed E-state index contributed by atoms with van der Waals surface area (Å²) in [6, 6.07) is 13.9. The Labute approximate surface area is 123 Å². The second-order valence-electron chi connectivity index (χ2n) is 5.19. The van der Waals surface area contributed by atoms with Crippen LogP contribution in [0.25, 0.3) is 10.9 Å². The van der Waals surface area contributed by atoms with Gasteiger partial charge in [-0.25, -0.2) is 12.4 Å². The molecule has 0 atom stereocenters. The molecule has 0 fully saturated rings. The van der Waals surface area contributed by atoms with Gasteiger partial charge in [0, 0.05) is 16.8 Å². The molecule has 1 heterocycles. The fourth-order valence-corrected chi connectivity index (χ4v) is 4.03. The van der Waals surface area contributed by atoms with Crippen molar-refractivity contribution in [2.45, 2.75) is 18.7 Å². The van der Waals surface area contributed by atoms with Crippen molar-refractivity contribution in [3.05, 3.63) is 59.8 Å². The zero-order chi connectivity index (χ0) is 15.2. The fraction of sp³-hybridized carbons (Fsp3) is 0.125. The van der Waals surface area contributed by atoms with Gasteiger partial charge in [0.2, 0.25) is 0 Å². The number of nitrogen functional groups attached to an aromatic ring is 1. The topological polar surface area (TPSA) is 65.1 Å². The first-order valence-corrected chi connectivity index (χ1v) is 8.03. The molecule has 0 bridgehead atoms. The third kappa shape index (κ3) is 2.19. The van der Waals surface area contributed by atoms with Crippen molar-refractivity contribution in [2.75, 3.05) is 5.73 Å². The highest BCUT2D eigenvalue weighted by atomic mass is 32.2. The Hall–Kier alpha value is -2.27. The Morgan fingerprint density at radius 3 is 2.29 bits per heavy atom. The van der Waals surface area contributed by atoms with Crippen molar-refractivity contribution < 1.29 is 8.42 Å². The average molecular weight is 300 g/mol. The van der Waals surface area contributed by atoms with E-state index in [2.05, 4.69) is 0 Å². The Morgan fingerprint density at radius 2 is 1.62 bits per heavy atom. The molecule has 2 aromatic carbocycles. The molecule has 0 aliphatic rings. The lowest BCUT2D eigenvalue weighted by atomic mass is 10.2. The minimum Gasteiger partial charge on any atom is -0.399 e. The predicted molar refractivity (Wildman–Crippen MR) is 84.9 cm³/mol. The Balaban J connectivity index is 2.28. The number of rotatable bonds is 2. The van der Waals surface area contributed by atoms with Crippen molar-refractivity contribution >= 4 is 26.6 Å². The highest BCUT2D eigenvalue weighted by molar-refractivity contribution is 7.90. The second-order valence-corrected chi connectivity index (χ2v) is 6.97. The smallest absolute Gasteiger partial charge is 0.268 e. The number of anilines is 1. The summed E-state index contributed by atoms with van der Waals surface area (Å²) in [7, 11) is -3.61. The molecular formula is C16H16N2O2S. The van der Waals surface area contributed by atoms with Crippen molar-refractivity contribution in [1.29, 1.82) is 0 Å². The van der Waals surface area contributed by atoms with E-state index in [-0.39, 0.29) is 4.90 Å². The van der Waals surface area contributed by atoms with E-state index < -0.39 is 10.0 Å². The van der Waals surface area contributed by atoms with E-state index >= 15 is 0 Å². The van der Waals surface area contributed by atoms with Crippen molar-refractivity contribution in [1.82, 2.24) is 3.97 Å². The molecule has 3 rings (SSSR count). The van der Waals surface area contributed by atoms with Crippen LogP contribution >= 0.6 is 0 Å². The van der Waals surface area contributed by atoms with E-state index in [1.54, 1.807) is 49.4 Å². The summed E-state index contributed by atoms with van der Waals surface area (Å²) < 4.78 is 27.1. The second kappa shape index (κ2) is 4.63. The summed E-state index contributed by atoms with van der Waals surface area (Å²) in [4.78, 5) is 0.283. The van der Waals surface area contributed by atoms with E-state index in [9.17, 15) is 8.42 Å². The Bertz CT molecular complexity index is 923. The molecule has 0 spiro atoms. The maximum Gasteiger partial charge on any atom is 0.268 e. The predicted octanol–water partition coefficient (Wildman–Crippen LogP) is 3.08. The number of nitrogens with zero attached hydrogens (tertiary/aromatic N) is 1. The molecule has 0 saturated carbocycles. The highest BCUT2D eigenvalue weighted by Crippen LogP contribution is 2.26. The van der Waals surface area contributed by atoms with E-state index in [4.69, 9.17) is 5.73 Å². The molecule has 2 N–H and O–H groups in total. The van der Waals surface area contributed by atoms with E-state index in [1.807, 2.05) is 13.0 Å². The average Bonchev–Trinajstić information content (AvgIpc) is 2.74. The van der Waals surface area contributed by atoms with Gasteiger partial charge < -0.3 is 5.73 Å². The number of aromatic nitrogens is 1. The molecule has 5 heteroatoms. The number of nitrogens with two attached hydrogens (primary N) is 1. The third-order valence-electron chi connectivity index (χ3n) is 3.51. The lowest BCUT2D eigenvalue weighted by Crippen LogP contribution is -2.14. The molecule has 0 aliphatic heterocycles. The molecule has 21 heavy (non-hydrogen) atoms. The summed E-state index contributed by atoms with van der Waals surface area (Å²) in [5, 5.41) is 0.822. The van der Waals surface area contributed by atoms with E-state index in [1.165, 1.54) is 3.97 Å². The van der Waals surface area contributed by atoms with Gasteiger partial charge in [0.25, 0.3) is 10.0 Å². The van der Waals surface area contributed by atoms with Gasteiger partial charge in [0.1, 0.15) is 0 Å². The van der Waals surface area contributed by atoms with Crippen molar-refractivity contribution in [2.24, 2.45) is 0 Å². The molecule has 108 valence electrons. The largest absolute Gasteiger partial charge is 0.399 e. The zero-order valence-electron chi connectivity index (χ0n) is 11.9. The molecule has 4 nitrogen and oxygen atoms in total. The molecule has 0 radical (unpaired) electrons. The number of benzene rings is 2. The van der Waals surface area contributed by atoms with Gasteiger partial charge in [0.15, 0.2) is 0 Å². The summed E-state index contributed by atoms with van der Waals surface area (Å²) in [5.41, 5.74) is 8.71. The molecule has 0 unspecified atom stereocenters. The van der Waals surface area contributed by atoms with E-state index in [0.29, 0.717) is 16.9 Å². The van der Waals surface area contributed by atoms with Crippen LogP contribution in [-0.4, -0.2) is 12.4 Å². The van der Waals surface area contributed by atoms with Crippen LogP contribution in [0.15, 0.2) is 53.4 Å². The minimum absolute atomic E-state index is 0.283. The standard InChI is InChI=1S/C16H16N2O2S/c1-11-3-6-15(7-4-11)21(19,20)18-12(2)9-13-10-14(17)5-8-16(13)18/h3-10H,17H2,1-2H3. The van der Waals surface area contributed by atoms with Gasteiger partial charge in [-0.3, -0.25) is 0 Å². The number of hydrogen-bond donors (Lipinski definition) is 1. The van der Waals surface area contributed by atoms with Crippen LogP contribution in [0, 0.1) is 13.8 Å². The molecule has 0 saturated heterocycles. The molecule has 0 aliphatic carbocycles. The van der Waals surface area contributed by atoms with Crippen molar-refractivity contribution in [3.8, 4) is 0 Å². The fourth-order valence-electron chi connectivity index (χ4n) is 2.48. The monoisotopic (exact) mass is 300 g/mol. The molecule has 1 aromatic heterocycles. The van der Waals surface area contributed by atoms with E-state index in [0.717, 1.165) is 10.9 Å². The minimum atomic E-state index is -3.61. The molecule has 3 aromatic rings. The van der Waals surface area contributed by atoms with Gasteiger partial charge in [-0.05, 0) is 50.2 Å². The van der Waals surface area contributed by atoms with Crippen LogP contribution in [0.1, 0.15) is 11.3 Å². The summed E-state index contributed by atoms with van der Waals surface area (Å²) in [6.07, 6.45) is 0. The molecule has 0 amide bonds. The van der Waals surface area contributed by atoms with Crippen LogP contribution in [0.4, 0.5) is 5.69 Å². The maximum atomic E-state index is 12.9. The lowest BCUT2D eigenvalue weighted by Gasteiger charge is -2.10. The van der Waals surface area contributed by atoms with Gasteiger partial charge in [-0.1, -0.05) is 17.7 Å². The van der Waals surface area contributed by atoms with Gasteiger partial charge in [-0.2, -0.15) is 0 Å². The summed E-state index contributed by atoms with van der Waals surface area (Å²) in [6.45, 7) is 3.71. The highest BCUT2D eigenvalue weighted by Gasteiger charge is 2.21.